The summed E-state index contributed by atoms with van der Waals surface area (Å²) >= 11 is 0. The number of rotatable bonds is 1. The average molecular weight is 124 g/mol. The second-order valence-corrected chi connectivity index (χ2v) is 2.92. The molecule has 0 aromatic rings. The SMILES string of the molecule is [B]CC1CCCC(O)C1. The van der Waals surface area contributed by atoms with Crippen LogP contribution in [0, 0.1) is 5.92 Å². The van der Waals surface area contributed by atoms with E-state index >= 15 is 0 Å². The first-order valence-corrected chi connectivity index (χ1v) is 3.71. The third kappa shape index (κ3) is 2.01. The van der Waals surface area contributed by atoms with Crippen molar-refractivity contribution in [3.63, 3.8) is 0 Å². The van der Waals surface area contributed by atoms with Crippen LogP contribution in [0.25, 0.3) is 0 Å². The van der Waals surface area contributed by atoms with Crippen molar-refractivity contribution in [3.8, 4) is 0 Å². The molecule has 2 atom stereocenters. The maximum atomic E-state index is 9.16. The fraction of sp³-hybridized carbons (Fsp3) is 1.00. The third-order valence-corrected chi connectivity index (χ3v) is 2.09. The van der Waals surface area contributed by atoms with Gasteiger partial charge in [-0.3, -0.25) is 0 Å². The fourth-order valence-corrected chi connectivity index (χ4v) is 1.48. The van der Waals surface area contributed by atoms with Crippen molar-refractivity contribution in [3.05, 3.63) is 0 Å². The number of hydrogen-bond donors (Lipinski definition) is 1. The minimum atomic E-state index is -0.0627. The molecule has 2 radical (unpaired) electrons. The molecule has 1 aliphatic rings. The van der Waals surface area contributed by atoms with Crippen LogP contribution >= 0.6 is 0 Å². The van der Waals surface area contributed by atoms with Gasteiger partial charge in [0.05, 0.1) is 14.0 Å². The topological polar surface area (TPSA) is 20.2 Å². The van der Waals surface area contributed by atoms with Gasteiger partial charge in [-0.2, -0.15) is 0 Å². The molecule has 0 saturated heterocycles. The molecule has 2 unspecified atom stereocenters. The van der Waals surface area contributed by atoms with Crippen LogP contribution in [-0.4, -0.2) is 19.1 Å². The van der Waals surface area contributed by atoms with Crippen molar-refractivity contribution in [2.24, 2.45) is 5.92 Å². The van der Waals surface area contributed by atoms with Gasteiger partial charge in [0, 0.05) is 0 Å². The molecule has 1 N–H and O–H groups in total. The van der Waals surface area contributed by atoms with E-state index in [9.17, 15) is 0 Å². The molecule has 1 fully saturated rings. The molecule has 1 rings (SSSR count). The number of aliphatic hydroxyl groups is 1. The van der Waals surface area contributed by atoms with Crippen molar-refractivity contribution in [1.29, 1.82) is 0 Å². The Hall–Kier alpha value is 0.0249. The highest BCUT2D eigenvalue weighted by Crippen LogP contribution is 2.25. The summed E-state index contributed by atoms with van der Waals surface area (Å²) in [5, 5.41) is 9.16. The standard InChI is InChI=1S/C7H13BO/c8-5-6-2-1-3-7(9)4-6/h6-7,9H,1-5H2. The first-order valence-electron chi connectivity index (χ1n) is 3.71. The zero-order valence-electron chi connectivity index (χ0n) is 5.71. The molecule has 0 aromatic heterocycles. The molecule has 1 nitrogen and oxygen atoms in total. The van der Waals surface area contributed by atoms with Gasteiger partial charge in [-0.05, 0) is 18.8 Å². The van der Waals surface area contributed by atoms with Gasteiger partial charge >= 0.3 is 0 Å². The number of aliphatic hydroxyl groups excluding tert-OH is 1. The average Bonchev–Trinajstić information content (AvgIpc) is 1.88. The van der Waals surface area contributed by atoms with E-state index in [4.69, 9.17) is 13.0 Å². The van der Waals surface area contributed by atoms with Gasteiger partial charge in [0.2, 0.25) is 0 Å². The van der Waals surface area contributed by atoms with Crippen molar-refractivity contribution in [2.45, 2.75) is 38.1 Å². The van der Waals surface area contributed by atoms with Crippen LogP contribution < -0.4 is 0 Å². The minimum absolute atomic E-state index is 0.0627. The smallest absolute Gasteiger partial charge is 0.0656 e. The lowest BCUT2D eigenvalue weighted by Gasteiger charge is -2.24. The quantitative estimate of drug-likeness (QED) is 0.519. The Bertz CT molecular complexity index is 85.0. The van der Waals surface area contributed by atoms with Gasteiger partial charge in [0.15, 0.2) is 0 Å². The molecule has 0 heterocycles. The van der Waals surface area contributed by atoms with E-state index < -0.39 is 0 Å². The summed E-state index contributed by atoms with van der Waals surface area (Å²) < 4.78 is 0. The molecule has 0 amide bonds. The van der Waals surface area contributed by atoms with E-state index in [1.807, 2.05) is 0 Å². The van der Waals surface area contributed by atoms with E-state index in [0.717, 1.165) is 25.6 Å². The van der Waals surface area contributed by atoms with Crippen LogP contribution in [-0.2, 0) is 0 Å². The van der Waals surface area contributed by atoms with E-state index in [1.165, 1.54) is 6.42 Å². The highest BCUT2D eigenvalue weighted by atomic mass is 16.3. The molecule has 0 bridgehead atoms. The third-order valence-electron chi connectivity index (χ3n) is 2.09. The van der Waals surface area contributed by atoms with Gasteiger partial charge in [0.25, 0.3) is 0 Å². The maximum Gasteiger partial charge on any atom is 0.0656 e. The normalized spacial score (nSPS) is 36.6. The van der Waals surface area contributed by atoms with Crippen LogP contribution in [0.15, 0.2) is 0 Å². The van der Waals surface area contributed by atoms with Crippen LogP contribution in [0.5, 0.6) is 0 Å². The summed E-state index contributed by atoms with van der Waals surface area (Å²) in [4.78, 5) is 0. The highest BCUT2D eigenvalue weighted by Gasteiger charge is 2.17. The Kier molecular flexibility index (Phi) is 2.58. The maximum absolute atomic E-state index is 9.16. The minimum Gasteiger partial charge on any atom is -0.393 e. The van der Waals surface area contributed by atoms with Gasteiger partial charge in [0.1, 0.15) is 0 Å². The molecule has 50 valence electrons. The summed E-state index contributed by atoms with van der Waals surface area (Å²) in [6.07, 6.45) is 4.97. The zero-order valence-corrected chi connectivity index (χ0v) is 5.71. The van der Waals surface area contributed by atoms with E-state index in [0.29, 0.717) is 5.92 Å². The summed E-state index contributed by atoms with van der Waals surface area (Å²) in [6, 6.07) is 0. The molecule has 2 heteroatoms. The van der Waals surface area contributed by atoms with Gasteiger partial charge in [-0.1, -0.05) is 19.2 Å². The predicted octanol–water partition coefficient (Wildman–Crippen LogP) is 1.12. The van der Waals surface area contributed by atoms with E-state index in [1.54, 1.807) is 0 Å². The highest BCUT2D eigenvalue weighted by molar-refractivity contribution is 6.08. The molecule has 9 heavy (non-hydrogen) atoms. The molecule has 1 aliphatic carbocycles. The summed E-state index contributed by atoms with van der Waals surface area (Å²) in [5.41, 5.74) is 0. The first-order chi connectivity index (χ1) is 4.33. The summed E-state index contributed by atoms with van der Waals surface area (Å²) in [7, 11) is 5.45. The van der Waals surface area contributed by atoms with Gasteiger partial charge in [-0.25, -0.2) is 0 Å². The van der Waals surface area contributed by atoms with Crippen molar-refractivity contribution < 1.29 is 5.11 Å². The van der Waals surface area contributed by atoms with Crippen molar-refractivity contribution in [2.75, 3.05) is 0 Å². The van der Waals surface area contributed by atoms with E-state index in [2.05, 4.69) is 0 Å². The molecule has 1 saturated carbocycles. The number of hydrogen-bond acceptors (Lipinski definition) is 1. The van der Waals surface area contributed by atoms with Crippen LogP contribution in [0.4, 0.5) is 0 Å². The van der Waals surface area contributed by atoms with Gasteiger partial charge in [-0.15, -0.1) is 0 Å². The Morgan fingerprint density at radius 1 is 1.44 bits per heavy atom. The fourth-order valence-electron chi connectivity index (χ4n) is 1.48. The Labute approximate surface area is 57.9 Å². The second-order valence-electron chi connectivity index (χ2n) is 2.92. The molecular formula is C7H13BO. The lowest BCUT2D eigenvalue weighted by Crippen LogP contribution is -2.18. The van der Waals surface area contributed by atoms with Gasteiger partial charge < -0.3 is 5.11 Å². The Balaban J connectivity index is 2.23. The van der Waals surface area contributed by atoms with Crippen LogP contribution in [0.3, 0.4) is 0 Å². The van der Waals surface area contributed by atoms with Crippen LogP contribution in [0.1, 0.15) is 25.7 Å². The Morgan fingerprint density at radius 2 is 2.22 bits per heavy atom. The Morgan fingerprint density at radius 3 is 2.67 bits per heavy atom. The second kappa shape index (κ2) is 3.26. The molecule has 0 aliphatic heterocycles. The summed E-state index contributed by atoms with van der Waals surface area (Å²) in [6.45, 7) is 0. The molecule has 0 aromatic carbocycles. The summed E-state index contributed by atoms with van der Waals surface area (Å²) in [5.74, 6) is 0.591. The monoisotopic (exact) mass is 124 g/mol. The zero-order chi connectivity index (χ0) is 6.69. The van der Waals surface area contributed by atoms with Crippen molar-refractivity contribution >= 4 is 7.85 Å². The van der Waals surface area contributed by atoms with E-state index in [-0.39, 0.29) is 6.10 Å². The largest absolute Gasteiger partial charge is 0.393 e. The predicted molar refractivity (Wildman–Crippen MR) is 38.5 cm³/mol. The first kappa shape index (κ1) is 7.14. The van der Waals surface area contributed by atoms with Crippen molar-refractivity contribution in [1.82, 2.24) is 0 Å². The molecule has 0 spiro atoms. The lowest BCUT2D eigenvalue weighted by molar-refractivity contribution is 0.106. The molecular weight excluding hydrogens is 111 g/mol. The lowest BCUT2D eigenvalue weighted by atomic mass is 9.79. The van der Waals surface area contributed by atoms with Crippen LogP contribution in [0.2, 0.25) is 6.32 Å².